The number of rotatable bonds is 2. The highest BCUT2D eigenvalue weighted by Gasteiger charge is 2.37. The van der Waals surface area contributed by atoms with Gasteiger partial charge in [-0.3, -0.25) is 4.72 Å². The van der Waals surface area contributed by atoms with Crippen molar-refractivity contribution in [2.24, 2.45) is 0 Å². The molecule has 1 aliphatic rings. The van der Waals surface area contributed by atoms with Gasteiger partial charge in [0, 0.05) is 10.3 Å². The number of hydrogen-bond donors (Lipinski definition) is 1. The largest absolute Gasteiger partial charge is 0.258 e. The van der Waals surface area contributed by atoms with Gasteiger partial charge in [0.15, 0.2) is 0 Å². The van der Waals surface area contributed by atoms with Crippen molar-refractivity contribution in [1.29, 1.82) is 0 Å². The minimum absolute atomic E-state index is 0.353. The molecule has 1 rings (SSSR count). The monoisotopic (exact) mass is 189 g/mol. The molecule has 1 N–H and O–H groups in total. The Balaban J connectivity index is 0.000000561. The second-order valence-electron chi connectivity index (χ2n) is 4.38. The summed E-state index contributed by atoms with van der Waals surface area (Å²) < 4.78 is 3.84. The molecule has 0 aliphatic heterocycles. The predicted octanol–water partition coefficient (Wildman–Crippen LogP) is 3.60. The van der Waals surface area contributed by atoms with Gasteiger partial charge in [0.25, 0.3) is 0 Å². The van der Waals surface area contributed by atoms with Gasteiger partial charge in [0.05, 0.1) is 0 Å². The van der Waals surface area contributed by atoms with E-state index in [2.05, 4.69) is 32.4 Å². The van der Waals surface area contributed by atoms with Gasteiger partial charge in [-0.15, -0.1) is 0 Å². The lowest BCUT2D eigenvalue weighted by Gasteiger charge is -2.20. The van der Waals surface area contributed by atoms with Gasteiger partial charge in [-0.05, 0) is 40.5 Å². The van der Waals surface area contributed by atoms with Crippen LogP contribution in [-0.2, 0) is 0 Å². The molecule has 2 heteroatoms. The van der Waals surface area contributed by atoms with E-state index in [-0.39, 0.29) is 0 Å². The zero-order chi connectivity index (χ0) is 9.83. The standard InChI is InChI=1S/C8H17NS.C2H6/c1-7(2,3)10-9-8(4)5-6-8;1-2/h9H,5-6H2,1-4H3;1-2H3. The van der Waals surface area contributed by atoms with Gasteiger partial charge in [0.2, 0.25) is 0 Å². The van der Waals surface area contributed by atoms with E-state index in [0.29, 0.717) is 10.3 Å². The van der Waals surface area contributed by atoms with Crippen LogP contribution in [0.15, 0.2) is 0 Å². The molecule has 0 radical (unpaired) electrons. The van der Waals surface area contributed by atoms with E-state index in [4.69, 9.17) is 0 Å². The van der Waals surface area contributed by atoms with Crippen LogP contribution in [0.2, 0.25) is 0 Å². The van der Waals surface area contributed by atoms with Gasteiger partial charge in [-0.1, -0.05) is 25.8 Å². The average Bonchev–Trinajstić information content (AvgIpc) is 2.69. The zero-order valence-electron chi connectivity index (χ0n) is 9.32. The molecule has 0 bridgehead atoms. The summed E-state index contributed by atoms with van der Waals surface area (Å²) in [6.45, 7) is 13.0. The van der Waals surface area contributed by atoms with Crippen LogP contribution in [0.25, 0.3) is 0 Å². The summed E-state index contributed by atoms with van der Waals surface area (Å²) in [5, 5.41) is 0. The summed E-state index contributed by atoms with van der Waals surface area (Å²) in [6, 6.07) is 0. The minimum Gasteiger partial charge on any atom is -0.258 e. The highest BCUT2D eigenvalue weighted by Crippen LogP contribution is 2.38. The third-order valence-corrected chi connectivity index (χ3v) is 2.81. The van der Waals surface area contributed by atoms with Gasteiger partial charge in [-0.2, -0.15) is 0 Å². The highest BCUT2D eigenvalue weighted by atomic mass is 32.2. The van der Waals surface area contributed by atoms with Crippen molar-refractivity contribution in [1.82, 2.24) is 4.72 Å². The van der Waals surface area contributed by atoms with Crippen molar-refractivity contribution in [2.45, 2.75) is 64.7 Å². The summed E-state index contributed by atoms with van der Waals surface area (Å²) >= 11 is 1.85. The van der Waals surface area contributed by atoms with Crippen molar-refractivity contribution < 1.29 is 0 Å². The topological polar surface area (TPSA) is 12.0 Å². The molecule has 12 heavy (non-hydrogen) atoms. The third kappa shape index (κ3) is 5.90. The van der Waals surface area contributed by atoms with E-state index < -0.39 is 0 Å². The van der Waals surface area contributed by atoms with Crippen molar-refractivity contribution in [3.05, 3.63) is 0 Å². The maximum atomic E-state index is 3.49. The van der Waals surface area contributed by atoms with Crippen LogP contribution in [-0.4, -0.2) is 10.3 Å². The Kier molecular flexibility index (Phi) is 4.64. The lowest BCUT2D eigenvalue weighted by atomic mass is 10.3. The van der Waals surface area contributed by atoms with Crippen molar-refractivity contribution in [3.63, 3.8) is 0 Å². The lowest BCUT2D eigenvalue weighted by Crippen LogP contribution is -2.26. The predicted molar refractivity (Wildman–Crippen MR) is 59.5 cm³/mol. The molecular weight excluding hydrogens is 166 g/mol. The Hall–Kier alpha value is 0.310. The third-order valence-electron chi connectivity index (χ3n) is 1.60. The number of nitrogens with one attached hydrogen (secondary N) is 1. The van der Waals surface area contributed by atoms with Crippen LogP contribution in [0.3, 0.4) is 0 Å². The van der Waals surface area contributed by atoms with E-state index in [1.54, 1.807) is 0 Å². The van der Waals surface area contributed by atoms with Crippen LogP contribution in [0.5, 0.6) is 0 Å². The zero-order valence-corrected chi connectivity index (χ0v) is 10.1. The maximum absolute atomic E-state index is 3.49. The summed E-state index contributed by atoms with van der Waals surface area (Å²) in [5.41, 5.74) is 0.470. The van der Waals surface area contributed by atoms with E-state index in [1.165, 1.54) is 12.8 Å². The maximum Gasteiger partial charge on any atom is 0.0256 e. The molecule has 0 aromatic heterocycles. The molecule has 1 nitrogen and oxygen atoms in total. The van der Waals surface area contributed by atoms with E-state index >= 15 is 0 Å². The Bertz CT molecular complexity index is 117. The highest BCUT2D eigenvalue weighted by molar-refractivity contribution is 7.98. The Morgan fingerprint density at radius 1 is 1.17 bits per heavy atom. The molecule has 0 aromatic carbocycles. The summed E-state index contributed by atoms with van der Waals surface area (Å²) in [4.78, 5) is 0. The first-order valence-electron chi connectivity index (χ1n) is 4.87. The second kappa shape index (κ2) is 4.52. The molecule has 1 aliphatic carbocycles. The number of hydrogen-bond acceptors (Lipinski definition) is 2. The average molecular weight is 189 g/mol. The van der Waals surface area contributed by atoms with Crippen LogP contribution in [0, 0.1) is 0 Å². The van der Waals surface area contributed by atoms with E-state index in [9.17, 15) is 0 Å². The normalized spacial score (nSPS) is 19.5. The lowest BCUT2D eigenvalue weighted by molar-refractivity contribution is 0.683. The summed E-state index contributed by atoms with van der Waals surface area (Å²) in [6.07, 6.45) is 2.69. The van der Waals surface area contributed by atoms with Crippen molar-refractivity contribution in [2.75, 3.05) is 0 Å². The van der Waals surface area contributed by atoms with Crippen molar-refractivity contribution >= 4 is 11.9 Å². The van der Waals surface area contributed by atoms with Crippen LogP contribution in [0.1, 0.15) is 54.4 Å². The Morgan fingerprint density at radius 3 is 1.83 bits per heavy atom. The molecule has 0 heterocycles. The fraction of sp³-hybridized carbons (Fsp3) is 1.00. The quantitative estimate of drug-likeness (QED) is 0.666. The molecule has 0 saturated heterocycles. The van der Waals surface area contributed by atoms with Crippen molar-refractivity contribution in [3.8, 4) is 0 Å². The van der Waals surface area contributed by atoms with Crippen LogP contribution in [0.4, 0.5) is 0 Å². The van der Waals surface area contributed by atoms with Crippen LogP contribution < -0.4 is 4.72 Å². The van der Waals surface area contributed by atoms with Crippen LogP contribution >= 0.6 is 11.9 Å². The molecule has 1 saturated carbocycles. The minimum atomic E-state index is 0.353. The van der Waals surface area contributed by atoms with Gasteiger partial charge < -0.3 is 0 Å². The SMILES string of the molecule is CC.CC1(NSC(C)(C)C)CC1. The first-order chi connectivity index (χ1) is 5.41. The van der Waals surface area contributed by atoms with Gasteiger partial charge in [0.1, 0.15) is 0 Å². The van der Waals surface area contributed by atoms with Gasteiger partial charge >= 0.3 is 0 Å². The fourth-order valence-electron chi connectivity index (χ4n) is 0.566. The second-order valence-corrected chi connectivity index (χ2v) is 6.01. The molecular formula is C10H23NS. The van der Waals surface area contributed by atoms with E-state index in [0.717, 1.165) is 0 Å². The first kappa shape index (κ1) is 12.3. The molecule has 0 atom stereocenters. The molecule has 0 spiro atoms. The Labute approximate surface area is 81.8 Å². The summed E-state index contributed by atoms with van der Waals surface area (Å²) in [7, 11) is 0. The summed E-state index contributed by atoms with van der Waals surface area (Å²) in [5.74, 6) is 0. The molecule has 74 valence electrons. The Morgan fingerprint density at radius 2 is 1.58 bits per heavy atom. The van der Waals surface area contributed by atoms with Gasteiger partial charge in [-0.25, -0.2) is 0 Å². The molecule has 0 amide bonds. The first-order valence-corrected chi connectivity index (χ1v) is 5.68. The molecule has 0 aromatic rings. The van der Waals surface area contributed by atoms with E-state index in [1.807, 2.05) is 25.8 Å². The fourth-order valence-corrected chi connectivity index (χ4v) is 1.32. The smallest absolute Gasteiger partial charge is 0.0256 e. The molecule has 0 unspecified atom stereocenters. The molecule has 1 fully saturated rings.